The van der Waals surface area contributed by atoms with E-state index in [-0.39, 0.29) is 24.2 Å². The Kier molecular flexibility index (Phi) is 6.23. The van der Waals surface area contributed by atoms with E-state index in [0.29, 0.717) is 17.1 Å². The van der Waals surface area contributed by atoms with Crippen LogP contribution in [0.4, 0.5) is 15.8 Å². The molecule has 1 aromatic heterocycles. The van der Waals surface area contributed by atoms with Crippen LogP contribution in [-0.2, 0) is 16.1 Å². The SMILES string of the molecule is Cc1ccc(OC(C)C(=O)Nc2cnn(CC(=O)Nc3ccc(F)cc3)c2)cc1. The highest BCUT2D eigenvalue weighted by molar-refractivity contribution is 5.94. The molecular weight excluding hydrogens is 375 g/mol. The summed E-state index contributed by atoms with van der Waals surface area (Å²) in [6.07, 6.45) is 2.28. The van der Waals surface area contributed by atoms with Crippen LogP contribution in [0.15, 0.2) is 60.9 Å². The number of aryl methyl sites for hydroxylation is 1. The lowest BCUT2D eigenvalue weighted by molar-refractivity contribution is -0.122. The third-order valence-corrected chi connectivity index (χ3v) is 4.04. The number of carbonyl (C=O) groups is 2. The number of halogens is 1. The largest absolute Gasteiger partial charge is 0.481 e. The summed E-state index contributed by atoms with van der Waals surface area (Å²) < 4.78 is 19.9. The minimum atomic E-state index is -0.706. The van der Waals surface area contributed by atoms with Crippen molar-refractivity contribution in [2.75, 3.05) is 10.6 Å². The van der Waals surface area contributed by atoms with E-state index in [4.69, 9.17) is 4.74 Å². The Morgan fingerprint density at radius 3 is 2.45 bits per heavy atom. The summed E-state index contributed by atoms with van der Waals surface area (Å²) in [6.45, 7) is 3.57. The molecule has 2 aromatic carbocycles. The van der Waals surface area contributed by atoms with Gasteiger partial charge in [-0.2, -0.15) is 5.10 Å². The zero-order valence-electron chi connectivity index (χ0n) is 16.1. The molecule has 29 heavy (non-hydrogen) atoms. The number of nitrogens with zero attached hydrogens (tertiary/aromatic N) is 2. The van der Waals surface area contributed by atoms with Gasteiger partial charge < -0.3 is 15.4 Å². The van der Waals surface area contributed by atoms with Crippen molar-refractivity contribution in [1.82, 2.24) is 9.78 Å². The minimum Gasteiger partial charge on any atom is -0.481 e. The molecule has 3 rings (SSSR count). The molecular formula is C21H21FN4O3. The third kappa shape index (κ3) is 5.90. The number of benzene rings is 2. The summed E-state index contributed by atoms with van der Waals surface area (Å²) >= 11 is 0. The molecule has 8 heteroatoms. The summed E-state index contributed by atoms with van der Waals surface area (Å²) in [5, 5.41) is 9.40. The standard InChI is InChI=1S/C21H21FN4O3/c1-14-3-9-19(10-4-14)29-15(2)21(28)25-18-11-23-26(12-18)13-20(27)24-17-7-5-16(22)6-8-17/h3-12,15H,13H2,1-2H3,(H,24,27)(H,25,28). The van der Waals surface area contributed by atoms with Crippen LogP contribution in [0.2, 0.25) is 0 Å². The minimum absolute atomic E-state index is 0.0529. The lowest BCUT2D eigenvalue weighted by atomic mass is 10.2. The lowest BCUT2D eigenvalue weighted by Crippen LogP contribution is -2.30. The predicted octanol–water partition coefficient (Wildman–Crippen LogP) is 3.38. The first kappa shape index (κ1) is 20.1. The van der Waals surface area contributed by atoms with Gasteiger partial charge >= 0.3 is 0 Å². The predicted molar refractivity (Wildman–Crippen MR) is 107 cm³/mol. The van der Waals surface area contributed by atoms with Crippen LogP contribution in [0.25, 0.3) is 0 Å². The fourth-order valence-electron chi connectivity index (χ4n) is 2.51. The molecule has 0 radical (unpaired) electrons. The molecule has 0 saturated carbocycles. The van der Waals surface area contributed by atoms with Gasteiger partial charge in [-0.3, -0.25) is 14.3 Å². The molecule has 0 aliphatic heterocycles. The number of carbonyl (C=O) groups excluding carboxylic acids is 2. The fourth-order valence-corrected chi connectivity index (χ4v) is 2.51. The summed E-state index contributed by atoms with van der Waals surface area (Å²) in [7, 11) is 0. The van der Waals surface area contributed by atoms with Gasteiger partial charge in [-0.15, -0.1) is 0 Å². The van der Waals surface area contributed by atoms with Crippen molar-refractivity contribution in [3.63, 3.8) is 0 Å². The molecule has 1 heterocycles. The quantitative estimate of drug-likeness (QED) is 0.641. The molecule has 0 fully saturated rings. The van der Waals surface area contributed by atoms with Crippen LogP contribution < -0.4 is 15.4 Å². The van der Waals surface area contributed by atoms with Crippen molar-refractivity contribution in [2.24, 2.45) is 0 Å². The van der Waals surface area contributed by atoms with Crippen molar-refractivity contribution in [2.45, 2.75) is 26.5 Å². The second-order valence-electron chi connectivity index (χ2n) is 6.54. The average molecular weight is 396 g/mol. The Bertz CT molecular complexity index is 984. The van der Waals surface area contributed by atoms with Crippen LogP contribution in [0.5, 0.6) is 5.75 Å². The van der Waals surface area contributed by atoms with Crippen molar-refractivity contribution in [1.29, 1.82) is 0 Å². The van der Waals surface area contributed by atoms with Gasteiger partial charge in [0.25, 0.3) is 5.91 Å². The molecule has 0 spiro atoms. The number of aromatic nitrogens is 2. The molecule has 3 aromatic rings. The topological polar surface area (TPSA) is 85.2 Å². The first-order chi connectivity index (χ1) is 13.9. The van der Waals surface area contributed by atoms with Gasteiger partial charge in [0.15, 0.2) is 6.10 Å². The van der Waals surface area contributed by atoms with Gasteiger partial charge in [0.1, 0.15) is 18.1 Å². The molecule has 1 unspecified atom stereocenters. The highest BCUT2D eigenvalue weighted by Gasteiger charge is 2.16. The van der Waals surface area contributed by atoms with E-state index >= 15 is 0 Å². The lowest BCUT2D eigenvalue weighted by Gasteiger charge is -2.14. The van der Waals surface area contributed by atoms with Gasteiger partial charge in [-0.1, -0.05) is 17.7 Å². The first-order valence-electron chi connectivity index (χ1n) is 9.01. The molecule has 150 valence electrons. The molecule has 0 aliphatic carbocycles. The van der Waals surface area contributed by atoms with Gasteiger partial charge in [0.05, 0.1) is 11.9 Å². The second-order valence-corrected chi connectivity index (χ2v) is 6.54. The third-order valence-electron chi connectivity index (χ3n) is 4.04. The smallest absolute Gasteiger partial charge is 0.265 e. The number of rotatable bonds is 7. The van der Waals surface area contributed by atoms with E-state index in [1.807, 2.05) is 19.1 Å². The first-order valence-corrected chi connectivity index (χ1v) is 9.01. The summed E-state index contributed by atoms with van der Waals surface area (Å²) in [5.74, 6) is -0.433. The van der Waals surface area contributed by atoms with Crippen molar-refractivity contribution in [3.05, 3.63) is 72.3 Å². The molecule has 7 nitrogen and oxygen atoms in total. The molecule has 2 amide bonds. The zero-order chi connectivity index (χ0) is 20.8. The van der Waals surface area contributed by atoms with E-state index in [1.54, 1.807) is 25.3 Å². The maximum Gasteiger partial charge on any atom is 0.265 e. The number of amides is 2. The Morgan fingerprint density at radius 2 is 1.76 bits per heavy atom. The van der Waals surface area contributed by atoms with E-state index in [9.17, 15) is 14.0 Å². The van der Waals surface area contributed by atoms with E-state index < -0.39 is 6.10 Å². The molecule has 0 bridgehead atoms. The van der Waals surface area contributed by atoms with Gasteiger partial charge in [0, 0.05) is 11.9 Å². The fraction of sp³-hybridized carbons (Fsp3) is 0.190. The summed E-state index contributed by atoms with van der Waals surface area (Å²) in [4.78, 5) is 24.4. The number of hydrogen-bond donors (Lipinski definition) is 2. The van der Waals surface area contributed by atoms with Crippen LogP contribution in [0.3, 0.4) is 0 Å². The number of nitrogens with one attached hydrogen (secondary N) is 2. The monoisotopic (exact) mass is 396 g/mol. The van der Waals surface area contributed by atoms with Crippen LogP contribution in [0, 0.1) is 12.7 Å². The zero-order valence-corrected chi connectivity index (χ0v) is 16.1. The summed E-state index contributed by atoms with van der Waals surface area (Å²) in [5.41, 5.74) is 2.04. The highest BCUT2D eigenvalue weighted by Crippen LogP contribution is 2.14. The second kappa shape index (κ2) is 9.01. The van der Waals surface area contributed by atoms with Gasteiger partial charge in [-0.05, 0) is 50.2 Å². The number of hydrogen-bond acceptors (Lipinski definition) is 4. The summed E-state index contributed by atoms with van der Waals surface area (Å²) in [6, 6.07) is 12.9. The van der Waals surface area contributed by atoms with Crippen molar-refractivity contribution >= 4 is 23.2 Å². The molecule has 1 atom stereocenters. The Hall–Kier alpha value is -3.68. The Balaban J connectivity index is 1.51. The highest BCUT2D eigenvalue weighted by atomic mass is 19.1. The average Bonchev–Trinajstić information content (AvgIpc) is 3.12. The van der Waals surface area contributed by atoms with E-state index in [0.717, 1.165) is 5.56 Å². The van der Waals surface area contributed by atoms with Gasteiger partial charge in [-0.25, -0.2) is 4.39 Å². The van der Waals surface area contributed by atoms with Crippen molar-refractivity contribution < 1.29 is 18.7 Å². The maximum atomic E-state index is 12.9. The Labute approximate surface area is 167 Å². The molecule has 0 aliphatic rings. The van der Waals surface area contributed by atoms with Crippen LogP contribution in [-0.4, -0.2) is 27.7 Å². The van der Waals surface area contributed by atoms with Gasteiger partial charge in [0.2, 0.25) is 5.91 Å². The maximum absolute atomic E-state index is 12.9. The number of ether oxygens (including phenoxy) is 1. The van der Waals surface area contributed by atoms with Crippen molar-refractivity contribution in [3.8, 4) is 5.75 Å². The van der Waals surface area contributed by atoms with E-state index in [1.165, 1.54) is 35.1 Å². The Morgan fingerprint density at radius 1 is 1.07 bits per heavy atom. The van der Waals surface area contributed by atoms with Crippen LogP contribution >= 0.6 is 0 Å². The number of anilines is 2. The molecule has 0 saturated heterocycles. The van der Waals surface area contributed by atoms with E-state index in [2.05, 4.69) is 15.7 Å². The normalized spacial score (nSPS) is 11.6. The van der Waals surface area contributed by atoms with Crippen LogP contribution in [0.1, 0.15) is 12.5 Å². The molecule has 2 N–H and O–H groups in total.